The van der Waals surface area contributed by atoms with E-state index in [-0.39, 0.29) is 30.5 Å². The summed E-state index contributed by atoms with van der Waals surface area (Å²) < 4.78 is 56.6. The number of ether oxygens (including phenoxy) is 7. The van der Waals surface area contributed by atoms with Crippen molar-refractivity contribution in [3.63, 3.8) is 0 Å². The van der Waals surface area contributed by atoms with E-state index < -0.39 is 9.05 Å². The predicted molar refractivity (Wildman–Crippen MR) is 256 cm³/mol. The highest BCUT2D eigenvalue weighted by Crippen LogP contribution is 2.16. The molecule has 0 amide bonds. The molecule has 4 N–H and O–H groups in total. The third kappa shape index (κ3) is 32.5. The predicted octanol–water partition coefficient (Wildman–Crippen LogP) is 8.40. The molecule has 0 saturated heterocycles. The van der Waals surface area contributed by atoms with Crippen molar-refractivity contribution in [3.05, 3.63) is 155 Å². The van der Waals surface area contributed by atoms with Gasteiger partial charge in [-0.25, -0.2) is 8.42 Å². The molecule has 0 radical (unpaired) electrons. The number of aliphatic hydroxyl groups excluding tert-OH is 3. The number of hydrogen-bond donors (Lipinski definition) is 4. The van der Waals surface area contributed by atoms with Crippen molar-refractivity contribution in [2.24, 2.45) is 0 Å². The lowest BCUT2D eigenvalue weighted by Crippen LogP contribution is -2.04. The Morgan fingerprint density at radius 2 is 0.875 bits per heavy atom. The van der Waals surface area contributed by atoms with Crippen molar-refractivity contribution in [2.75, 3.05) is 81.3 Å². The first kappa shape index (κ1) is 59.9. The zero-order valence-corrected chi connectivity index (χ0v) is 40.8. The highest BCUT2D eigenvalue weighted by atomic mass is 79.9. The highest BCUT2D eigenvalue weighted by Gasteiger charge is 2.07. The second-order valence-corrected chi connectivity index (χ2v) is 16.2. The van der Waals surface area contributed by atoms with Gasteiger partial charge >= 0.3 is 0 Å². The van der Waals surface area contributed by atoms with E-state index in [0.29, 0.717) is 52.9 Å². The van der Waals surface area contributed by atoms with E-state index in [2.05, 4.69) is 51.9 Å². The first-order valence-corrected chi connectivity index (χ1v) is 23.4. The molecule has 0 aliphatic rings. The second-order valence-electron chi connectivity index (χ2n) is 13.1. The lowest BCUT2D eigenvalue weighted by molar-refractivity contribution is 0.0616. The van der Waals surface area contributed by atoms with Crippen LogP contribution in [0.3, 0.4) is 0 Å². The molecule has 0 fully saturated rings. The number of halogens is 2. The van der Waals surface area contributed by atoms with E-state index in [0.717, 1.165) is 33.5 Å². The molecule has 0 aliphatic carbocycles. The van der Waals surface area contributed by atoms with Crippen molar-refractivity contribution < 1.29 is 62.0 Å². The van der Waals surface area contributed by atoms with Crippen molar-refractivity contribution in [2.45, 2.75) is 43.9 Å². The fraction of sp³-hybridized carbons (Fsp3) is 0.375. The molecule has 356 valence electrons. The number of phenols is 1. The van der Waals surface area contributed by atoms with Crippen molar-refractivity contribution >= 4 is 35.7 Å². The molecule has 0 unspecified atom stereocenters. The number of aromatic hydroxyl groups is 1. The smallest absolute Gasteiger partial charge is 0.261 e. The number of alkyl halides is 1. The fourth-order valence-corrected chi connectivity index (χ4v) is 5.41. The van der Waals surface area contributed by atoms with Crippen LogP contribution < -0.4 is 9.47 Å². The summed E-state index contributed by atoms with van der Waals surface area (Å²) in [6.45, 7) is 8.97. The maximum atomic E-state index is 10.7. The molecular weight excluding hydrogens is 932 g/mol. The molecule has 0 aromatic heterocycles. The first-order chi connectivity index (χ1) is 30.8. The van der Waals surface area contributed by atoms with Crippen LogP contribution >= 0.6 is 26.6 Å². The van der Waals surface area contributed by atoms with E-state index in [4.69, 9.17) is 59.5 Å². The Kier molecular flexibility index (Phi) is 36.8. The molecule has 5 rings (SSSR count). The van der Waals surface area contributed by atoms with Crippen LogP contribution in [0, 0.1) is 13.8 Å². The Labute approximate surface area is 393 Å². The SMILES string of the molecule is COCCO.COCCOCc1ccc(C)cc1.COCCOc1ccc(CBr)cc1.COCCOc1ccc(CO)cc1.Cc1ccc(S(=O)(=O)Cl)cc1.OCc1ccc(O)cc1. The summed E-state index contributed by atoms with van der Waals surface area (Å²) >= 11 is 3.39. The van der Waals surface area contributed by atoms with Crippen LogP contribution in [0.5, 0.6) is 17.2 Å². The lowest BCUT2D eigenvalue weighted by Gasteiger charge is -2.05. The molecule has 0 saturated carbocycles. The monoisotopic (exact) mass is 996 g/mol. The Balaban J connectivity index is 0.000000758. The molecule has 5 aromatic rings. The molecule has 16 heteroatoms. The Morgan fingerprint density at radius 3 is 1.23 bits per heavy atom. The zero-order valence-electron chi connectivity index (χ0n) is 37.7. The van der Waals surface area contributed by atoms with Crippen molar-refractivity contribution in [1.82, 2.24) is 0 Å². The quantitative estimate of drug-likeness (QED) is 0.0352. The molecule has 0 atom stereocenters. The Bertz CT molecular complexity index is 1860. The molecule has 0 aliphatic heterocycles. The van der Waals surface area contributed by atoms with Gasteiger partial charge in [0.2, 0.25) is 0 Å². The van der Waals surface area contributed by atoms with Gasteiger partial charge in [0, 0.05) is 44.5 Å². The molecule has 13 nitrogen and oxygen atoms in total. The van der Waals surface area contributed by atoms with Gasteiger partial charge in [-0.1, -0.05) is 99.9 Å². The van der Waals surface area contributed by atoms with E-state index in [1.165, 1.54) is 28.8 Å². The molecule has 0 spiro atoms. The minimum atomic E-state index is -3.55. The average Bonchev–Trinajstić information content (AvgIpc) is 3.30. The number of phenolic OH excluding ortho intramolecular Hbond substituents is 1. The summed E-state index contributed by atoms with van der Waals surface area (Å²) in [5, 5.41) is 34.9. The van der Waals surface area contributed by atoms with Gasteiger partial charge in [-0.15, -0.1) is 0 Å². The van der Waals surface area contributed by atoms with Gasteiger partial charge in [0.05, 0.1) is 64.4 Å². The van der Waals surface area contributed by atoms with E-state index >= 15 is 0 Å². The minimum absolute atomic E-state index is 0.0281. The van der Waals surface area contributed by atoms with Crippen LogP contribution in [0.4, 0.5) is 0 Å². The van der Waals surface area contributed by atoms with Gasteiger partial charge in [-0.05, 0) is 84.6 Å². The first-order valence-electron chi connectivity index (χ1n) is 20.0. The van der Waals surface area contributed by atoms with Gasteiger partial charge in [0.1, 0.15) is 30.5 Å². The second kappa shape index (κ2) is 39.3. The normalized spacial score (nSPS) is 10.1. The number of hydrogen-bond acceptors (Lipinski definition) is 13. The molecule has 0 bridgehead atoms. The van der Waals surface area contributed by atoms with Crippen LogP contribution in [0.25, 0.3) is 0 Å². The number of methoxy groups -OCH3 is 4. The number of aliphatic hydroxyl groups is 3. The Morgan fingerprint density at radius 1 is 0.500 bits per heavy atom. The summed E-state index contributed by atoms with van der Waals surface area (Å²) in [5.41, 5.74) is 6.45. The number of rotatable bonds is 19. The zero-order chi connectivity index (χ0) is 47.9. The standard InChI is InChI=1S/C11H16O2.C10H13BrO2.C10H14O3.C7H7ClO2S.C7H8O2.C3H8O2/c1-10-3-5-11(6-4-10)9-13-8-7-12-2;2*1-12-6-7-13-10-4-2-9(8-11)3-5-10;1-6-2-4-7(5-3-6)11(8,9)10;8-5-6-1-3-7(9)4-2-6;1-5-3-2-4/h3-6H,7-9H2,1-2H3;2-5H,6-8H2,1H3;2-5,11H,6-8H2,1H3;2-5H,1H3;1-4,8-9H,5H2;4H,2-3H2,1H3. The number of benzene rings is 5. The van der Waals surface area contributed by atoms with Gasteiger partial charge in [0.15, 0.2) is 0 Å². The Hall–Kier alpha value is -4.10. The van der Waals surface area contributed by atoms with Gasteiger partial charge in [0.25, 0.3) is 9.05 Å². The van der Waals surface area contributed by atoms with Crippen molar-refractivity contribution in [3.8, 4) is 17.2 Å². The van der Waals surface area contributed by atoms with E-state index in [1.54, 1.807) is 64.8 Å². The van der Waals surface area contributed by atoms with Gasteiger partial charge in [-0.3, -0.25) is 0 Å². The maximum absolute atomic E-state index is 10.7. The van der Waals surface area contributed by atoms with E-state index in [1.807, 2.05) is 55.5 Å². The topological polar surface area (TPSA) is 180 Å². The largest absolute Gasteiger partial charge is 0.508 e. The van der Waals surface area contributed by atoms with Gasteiger partial charge < -0.3 is 53.6 Å². The third-order valence-electron chi connectivity index (χ3n) is 7.83. The molecular formula is C48H66BrClO13S. The summed E-state index contributed by atoms with van der Waals surface area (Å²) in [7, 11) is 8.06. The van der Waals surface area contributed by atoms with Crippen LogP contribution in [0.1, 0.15) is 33.4 Å². The molecule has 5 aromatic carbocycles. The van der Waals surface area contributed by atoms with Crippen LogP contribution in [0.15, 0.2) is 126 Å². The summed E-state index contributed by atoms with van der Waals surface area (Å²) in [4.78, 5) is 0.143. The maximum Gasteiger partial charge on any atom is 0.261 e. The minimum Gasteiger partial charge on any atom is -0.508 e. The van der Waals surface area contributed by atoms with Crippen LogP contribution in [-0.4, -0.2) is 110 Å². The van der Waals surface area contributed by atoms with Gasteiger partial charge in [-0.2, -0.15) is 0 Å². The lowest BCUT2D eigenvalue weighted by atomic mass is 10.2. The van der Waals surface area contributed by atoms with E-state index in [9.17, 15) is 8.42 Å². The summed E-state index contributed by atoms with van der Waals surface area (Å²) in [5.74, 6) is 1.92. The molecule has 0 heterocycles. The average molecular weight is 998 g/mol. The van der Waals surface area contributed by atoms with Crippen molar-refractivity contribution in [1.29, 1.82) is 0 Å². The fourth-order valence-electron chi connectivity index (χ4n) is 4.26. The third-order valence-corrected chi connectivity index (χ3v) is 9.85. The van der Waals surface area contributed by atoms with Crippen LogP contribution in [0.2, 0.25) is 0 Å². The molecule has 64 heavy (non-hydrogen) atoms. The summed E-state index contributed by atoms with van der Waals surface area (Å²) in [6, 6.07) is 36.5. The highest BCUT2D eigenvalue weighted by molar-refractivity contribution is 9.08. The van der Waals surface area contributed by atoms with Crippen LogP contribution in [-0.2, 0) is 57.9 Å². The summed E-state index contributed by atoms with van der Waals surface area (Å²) in [6.07, 6.45) is 0. The number of aryl methyl sites for hydroxylation is 2.